The third-order valence-corrected chi connectivity index (χ3v) is 10.6. The molecule has 1 heterocycles. The maximum Gasteiger partial charge on any atom is 0.336 e. The van der Waals surface area contributed by atoms with Crippen LogP contribution in [-0.2, 0) is 9.53 Å². The number of carbonyl (C=O) groups is 1. The molecule has 3 aliphatic carbocycles. The smallest absolute Gasteiger partial charge is 0.336 e. The SMILES string of the molecule is CC1(C)CCC[C@@]2(C)[C@H]1CCC1(CC1)[C@@H]2C/C=C1/C(=O)OC[C@H]1N=C(c1ccccc1)c1ccccc1. The van der Waals surface area contributed by atoms with Gasteiger partial charge in [0, 0.05) is 11.1 Å². The van der Waals surface area contributed by atoms with Gasteiger partial charge in [-0.05, 0) is 73.0 Å². The molecule has 0 radical (unpaired) electrons. The van der Waals surface area contributed by atoms with Crippen molar-refractivity contribution in [1.29, 1.82) is 0 Å². The van der Waals surface area contributed by atoms with E-state index in [9.17, 15) is 4.79 Å². The molecule has 0 amide bonds. The van der Waals surface area contributed by atoms with Gasteiger partial charge in [0.15, 0.2) is 0 Å². The summed E-state index contributed by atoms with van der Waals surface area (Å²) in [4.78, 5) is 18.2. The van der Waals surface area contributed by atoms with Crippen molar-refractivity contribution in [3.8, 4) is 0 Å². The Hall–Kier alpha value is -2.68. The zero-order valence-corrected chi connectivity index (χ0v) is 22.7. The lowest BCUT2D eigenvalue weighted by Crippen LogP contribution is -2.52. The number of cyclic esters (lactones) is 1. The lowest BCUT2D eigenvalue weighted by molar-refractivity contribution is -0.135. The van der Waals surface area contributed by atoms with E-state index < -0.39 is 0 Å². The van der Waals surface area contributed by atoms with E-state index >= 15 is 0 Å². The molecule has 2 aromatic carbocycles. The van der Waals surface area contributed by atoms with Gasteiger partial charge in [0.05, 0.1) is 11.3 Å². The highest BCUT2D eigenvalue weighted by Crippen LogP contribution is 2.72. The molecule has 4 aliphatic rings. The number of allylic oxidation sites excluding steroid dienone is 1. The van der Waals surface area contributed by atoms with Crippen molar-refractivity contribution in [2.24, 2.45) is 33.1 Å². The molecule has 4 fully saturated rings. The quantitative estimate of drug-likeness (QED) is 0.241. The zero-order chi connectivity index (χ0) is 25.7. The topological polar surface area (TPSA) is 38.7 Å². The van der Waals surface area contributed by atoms with Crippen molar-refractivity contribution in [3.05, 3.63) is 83.4 Å². The number of rotatable bonds is 5. The summed E-state index contributed by atoms with van der Waals surface area (Å²) in [7, 11) is 0. The average molecular weight is 496 g/mol. The van der Waals surface area contributed by atoms with Crippen molar-refractivity contribution < 1.29 is 9.53 Å². The molecular weight excluding hydrogens is 454 g/mol. The second-order valence-corrected chi connectivity index (χ2v) is 13.1. The van der Waals surface area contributed by atoms with Crippen LogP contribution >= 0.6 is 0 Å². The van der Waals surface area contributed by atoms with Crippen LogP contribution in [0, 0.1) is 28.1 Å². The van der Waals surface area contributed by atoms with E-state index in [0.717, 1.165) is 34.8 Å². The number of ether oxygens (including phenoxy) is 1. The Morgan fingerprint density at radius 1 is 0.919 bits per heavy atom. The van der Waals surface area contributed by atoms with Crippen molar-refractivity contribution in [2.75, 3.05) is 6.61 Å². The van der Waals surface area contributed by atoms with Crippen LogP contribution in [0.5, 0.6) is 0 Å². The number of benzene rings is 2. The van der Waals surface area contributed by atoms with E-state index in [2.05, 4.69) is 51.1 Å². The fraction of sp³-hybridized carbons (Fsp3) is 0.529. The van der Waals surface area contributed by atoms with E-state index in [4.69, 9.17) is 9.73 Å². The Kier molecular flexibility index (Phi) is 6.17. The van der Waals surface area contributed by atoms with Crippen LogP contribution in [0.4, 0.5) is 0 Å². The Balaban J connectivity index is 1.33. The lowest BCUT2D eigenvalue weighted by Gasteiger charge is -2.60. The van der Waals surface area contributed by atoms with Crippen LogP contribution < -0.4 is 0 Å². The van der Waals surface area contributed by atoms with Crippen LogP contribution in [0.25, 0.3) is 0 Å². The maximum absolute atomic E-state index is 13.0. The first-order chi connectivity index (χ1) is 17.8. The largest absolute Gasteiger partial charge is 0.460 e. The van der Waals surface area contributed by atoms with Crippen LogP contribution in [0.15, 0.2) is 77.3 Å². The minimum absolute atomic E-state index is 0.180. The monoisotopic (exact) mass is 495 g/mol. The number of aliphatic imine (C=N–C) groups is 1. The number of carbonyl (C=O) groups excluding carboxylic acids is 1. The molecule has 37 heavy (non-hydrogen) atoms. The summed E-state index contributed by atoms with van der Waals surface area (Å²) < 4.78 is 5.61. The molecule has 0 aromatic heterocycles. The van der Waals surface area contributed by atoms with Gasteiger partial charge in [-0.1, -0.05) is 93.9 Å². The number of hydrogen-bond donors (Lipinski definition) is 0. The molecule has 194 valence electrons. The molecule has 6 rings (SSSR count). The Labute approximate surface area is 222 Å². The van der Waals surface area contributed by atoms with Crippen molar-refractivity contribution in [1.82, 2.24) is 0 Å². The summed E-state index contributed by atoms with van der Waals surface area (Å²) in [5.74, 6) is 1.24. The molecule has 4 atom stereocenters. The predicted octanol–water partition coefficient (Wildman–Crippen LogP) is 7.79. The van der Waals surface area contributed by atoms with Crippen molar-refractivity contribution >= 4 is 11.7 Å². The third-order valence-electron chi connectivity index (χ3n) is 10.6. The maximum atomic E-state index is 13.0. The number of fused-ring (bicyclic) bond motifs is 1. The van der Waals surface area contributed by atoms with E-state index in [-0.39, 0.29) is 12.0 Å². The van der Waals surface area contributed by atoms with E-state index in [1.807, 2.05) is 36.4 Å². The van der Waals surface area contributed by atoms with Crippen LogP contribution in [-0.4, -0.2) is 24.3 Å². The molecule has 3 nitrogen and oxygen atoms in total. The molecule has 1 spiro atoms. The van der Waals surface area contributed by atoms with E-state index in [1.165, 1.54) is 44.9 Å². The summed E-state index contributed by atoms with van der Waals surface area (Å²) in [5.41, 5.74) is 5.08. The third kappa shape index (κ3) is 4.39. The number of esters is 1. The Morgan fingerprint density at radius 3 is 2.19 bits per heavy atom. The average Bonchev–Trinajstić information content (AvgIpc) is 3.57. The van der Waals surface area contributed by atoms with Crippen LogP contribution in [0.1, 0.15) is 83.3 Å². The number of hydrogen-bond acceptors (Lipinski definition) is 3. The molecule has 3 saturated carbocycles. The first-order valence-corrected chi connectivity index (χ1v) is 14.4. The first kappa shape index (κ1) is 24.6. The summed E-state index contributed by atoms with van der Waals surface area (Å²) in [6.45, 7) is 7.93. The minimum atomic E-state index is -0.256. The summed E-state index contributed by atoms with van der Waals surface area (Å²) in [6.07, 6.45) is 12.7. The second kappa shape index (κ2) is 9.26. The second-order valence-electron chi connectivity index (χ2n) is 13.1. The molecular formula is C34H41NO2. The molecule has 3 heteroatoms. The summed E-state index contributed by atoms with van der Waals surface area (Å²) in [6, 6.07) is 20.3. The van der Waals surface area contributed by atoms with Gasteiger partial charge in [-0.2, -0.15) is 0 Å². The summed E-state index contributed by atoms with van der Waals surface area (Å²) in [5, 5.41) is 0. The standard InChI is InChI=1S/C34H41NO2/c1-32(2)18-10-19-33(3)28(32)17-20-34(21-22-34)29(33)16-15-26-27(23-37-31(26)36)35-30(24-11-6-4-7-12-24)25-13-8-5-9-14-25/h4-9,11-15,27-29H,10,16-23H2,1-3H3/b26-15+/t27-,28+,29-,33+/m1/s1. The lowest BCUT2D eigenvalue weighted by atomic mass is 9.45. The van der Waals surface area contributed by atoms with Gasteiger partial charge in [0.1, 0.15) is 12.6 Å². The van der Waals surface area contributed by atoms with Gasteiger partial charge in [0.25, 0.3) is 0 Å². The zero-order valence-electron chi connectivity index (χ0n) is 22.7. The van der Waals surface area contributed by atoms with Crippen molar-refractivity contribution in [3.63, 3.8) is 0 Å². The van der Waals surface area contributed by atoms with Gasteiger partial charge in [-0.25, -0.2) is 4.79 Å². The van der Waals surface area contributed by atoms with Gasteiger partial charge in [-0.15, -0.1) is 0 Å². The van der Waals surface area contributed by atoms with Crippen LogP contribution in [0.3, 0.4) is 0 Å². The molecule has 1 saturated heterocycles. The van der Waals surface area contributed by atoms with Gasteiger partial charge < -0.3 is 4.74 Å². The Bertz CT molecular complexity index is 1170. The minimum Gasteiger partial charge on any atom is -0.460 e. The van der Waals surface area contributed by atoms with Gasteiger partial charge in [0.2, 0.25) is 0 Å². The van der Waals surface area contributed by atoms with Crippen LogP contribution in [0.2, 0.25) is 0 Å². The molecule has 0 unspecified atom stereocenters. The predicted molar refractivity (Wildman–Crippen MR) is 150 cm³/mol. The highest BCUT2D eigenvalue weighted by Gasteiger charge is 2.63. The normalized spacial score (nSPS) is 32.6. The first-order valence-electron chi connectivity index (χ1n) is 14.4. The molecule has 0 bridgehead atoms. The number of nitrogens with zero attached hydrogens (tertiary/aromatic N) is 1. The van der Waals surface area contributed by atoms with Gasteiger partial charge >= 0.3 is 5.97 Å². The van der Waals surface area contributed by atoms with E-state index in [1.54, 1.807) is 0 Å². The molecule has 0 N–H and O–H groups in total. The molecule has 2 aromatic rings. The fourth-order valence-corrected chi connectivity index (χ4v) is 8.59. The Morgan fingerprint density at radius 2 is 1.57 bits per heavy atom. The summed E-state index contributed by atoms with van der Waals surface area (Å²) >= 11 is 0. The highest BCUT2D eigenvalue weighted by atomic mass is 16.5. The molecule has 1 aliphatic heterocycles. The van der Waals surface area contributed by atoms with Gasteiger partial charge in [-0.3, -0.25) is 4.99 Å². The van der Waals surface area contributed by atoms with E-state index in [0.29, 0.717) is 28.8 Å². The van der Waals surface area contributed by atoms with Crippen molar-refractivity contribution in [2.45, 2.75) is 78.2 Å². The fourth-order valence-electron chi connectivity index (χ4n) is 8.59. The highest BCUT2D eigenvalue weighted by molar-refractivity contribution is 6.13.